The van der Waals surface area contributed by atoms with Crippen molar-refractivity contribution in [2.24, 2.45) is 0 Å². The standard InChI is InChI=1S/C16H14NO4P/c1-2-10-22(19,20)21-14-9-5-8-13-15(14)16(18)11-6-3-4-7-12(11)17-13/h2-9H,1,10H2,(H,17,18)(H,19,20). The normalized spacial score (nSPS) is 13.9. The minimum Gasteiger partial charge on any atom is -0.423 e. The highest BCUT2D eigenvalue weighted by Gasteiger charge is 2.21. The van der Waals surface area contributed by atoms with Gasteiger partial charge in [0.2, 0.25) is 5.43 Å². The molecule has 0 amide bonds. The summed E-state index contributed by atoms with van der Waals surface area (Å²) >= 11 is 0. The van der Waals surface area contributed by atoms with Crippen LogP contribution in [0.2, 0.25) is 0 Å². The average molecular weight is 315 g/mol. The molecule has 1 unspecified atom stereocenters. The largest absolute Gasteiger partial charge is 0.423 e. The third kappa shape index (κ3) is 2.56. The van der Waals surface area contributed by atoms with Gasteiger partial charge < -0.3 is 14.4 Å². The van der Waals surface area contributed by atoms with E-state index < -0.39 is 7.60 Å². The summed E-state index contributed by atoms with van der Waals surface area (Å²) in [6.45, 7) is 3.43. The molecule has 0 fully saturated rings. The maximum Gasteiger partial charge on any atom is 0.380 e. The van der Waals surface area contributed by atoms with Crippen molar-refractivity contribution >= 4 is 29.4 Å². The SMILES string of the molecule is C=CCP(=O)(O)Oc1cccc2[nH]c3ccccc3c(=O)c12. The van der Waals surface area contributed by atoms with Crippen molar-refractivity contribution in [3.63, 3.8) is 0 Å². The van der Waals surface area contributed by atoms with E-state index in [9.17, 15) is 14.3 Å². The molecule has 3 aromatic rings. The molecule has 5 nitrogen and oxygen atoms in total. The topological polar surface area (TPSA) is 79.4 Å². The Bertz CT molecular complexity index is 977. The maximum atomic E-state index is 12.7. The first kappa shape index (κ1) is 14.6. The molecule has 0 bridgehead atoms. The molecule has 2 N–H and O–H groups in total. The lowest BCUT2D eigenvalue weighted by atomic mass is 10.1. The van der Waals surface area contributed by atoms with Crippen LogP contribution in [-0.2, 0) is 4.57 Å². The molecule has 0 radical (unpaired) electrons. The van der Waals surface area contributed by atoms with Crippen molar-refractivity contribution in [2.45, 2.75) is 0 Å². The van der Waals surface area contributed by atoms with Crippen LogP contribution in [0.1, 0.15) is 0 Å². The van der Waals surface area contributed by atoms with Crippen LogP contribution in [0.3, 0.4) is 0 Å². The van der Waals surface area contributed by atoms with E-state index in [1.165, 1.54) is 12.1 Å². The number of aromatic nitrogens is 1. The Morgan fingerprint density at radius 1 is 1.18 bits per heavy atom. The Morgan fingerprint density at radius 2 is 1.91 bits per heavy atom. The fourth-order valence-electron chi connectivity index (χ4n) is 2.37. The van der Waals surface area contributed by atoms with Crippen LogP contribution in [0.4, 0.5) is 0 Å². The summed E-state index contributed by atoms with van der Waals surface area (Å²) < 4.78 is 17.2. The number of hydrogen-bond acceptors (Lipinski definition) is 3. The van der Waals surface area contributed by atoms with E-state index in [1.807, 2.05) is 6.07 Å². The quantitative estimate of drug-likeness (QED) is 0.439. The molecule has 0 spiro atoms. The number of allylic oxidation sites excluding steroid dienone is 1. The van der Waals surface area contributed by atoms with Gasteiger partial charge in [-0.05, 0) is 24.3 Å². The average Bonchev–Trinajstić information content (AvgIpc) is 2.47. The van der Waals surface area contributed by atoms with E-state index in [-0.39, 0.29) is 22.7 Å². The van der Waals surface area contributed by atoms with Crippen LogP contribution in [-0.4, -0.2) is 16.0 Å². The van der Waals surface area contributed by atoms with Gasteiger partial charge in [-0.25, -0.2) is 4.57 Å². The number of pyridine rings is 1. The van der Waals surface area contributed by atoms with Crippen LogP contribution >= 0.6 is 7.60 Å². The number of fused-ring (bicyclic) bond motifs is 2. The lowest BCUT2D eigenvalue weighted by Gasteiger charge is -2.13. The lowest BCUT2D eigenvalue weighted by Crippen LogP contribution is -2.06. The molecule has 0 saturated heterocycles. The predicted octanol–water partition coefficient (Wildman–Crippen LogP) is 3.43. The fraction of sp³-hybridized carbons (Fsp3) is 0.0625. The van der Waals surface area contributed by atoms with Gasteiger partial charge in [0.1, 0.15) is 5.75 Å². The molecule has 22 heavy (non-hydrogen) atoms. The first-order valence-corrected chi connectivity index (χ1v) is 8.44. The molecule has 2 aromatic carbocycles. The highest BCUT2D eigenvalue weighted by atomic mass is 31.2. The predicted molar refractivity (Wildman–Crippen MR) is 87.6 cm³/mol. The van der Waals surface area contributed by atoms with Gasteiger partial charge in [0.25, 0.3) is 0 Å². The Morgan fingerprint density at radius 3 is 2.68 bits per heavy atom. The van der Waals surface area contributed by atoms with Gasteiger partial charge in [-0.1, -0.05) is 24.3 Å². The zero-order chi connectivity index (χ0) is 15.7. The Labute approximate surface area is 126 Å². The Hall–Kier alpha value is -2.36. The van der Waals surface area contributed by atoms with Crippen LogP contribution in [0, 0.1) is 0 Å². The van der Waals surface area contributed by atoms with Crippen LogP contribution in [0.15, 0.2) is 59.9 Å². The lowest BCUT2D eigenvalue weighted by molar-refractivity contribution is 0.385. The molecule has 112 valence electrons. The smallest absolute Gasteiger partial charge is 0.380 e. The number of nitrogens with one attached hydrogen (secondary N) is 1. The molecule has 6 heteroatoms. The molecule has 1 atom stereocenters. The fourth-order valence-corrected chi connectivity index (χ4v) is 3.23. The van der Waals surface area contributed by atoms with Gasteiger partial charge in [-0.15, -0.1) is 6.58 Å². The van der Waals surface area contributed by atoms with Crippen molar-refractivity contribution < 1.29 is 14.0 Å². The molecule has 0 aliphatic rings. The van der Waals surface area contributed by atoms with Gasteiger partial charge in [-0.3, -0.25) is 4.79 Å². The van der Waals surface area contributed by atoms with Gasteiger partial charge >= 0.3 is 7.60 Å². The maximum absolute atomic E-state index is 12.7. The first-order chi connectivity index (χ1) is 10.5. The van der Waals surface area contributed by atoms with E-state index in [4.69, 9.17) is 4.52 Å². The molecular formula is C16H14NO4P. The van der Waals surface area contributed by atoms with Crippen LogP contribution in [0.25, 0.3) is 21.8 Å². The summed E-state index contributed by atoms with van der Waals surface area (Å²) in [5.74, 6) is 0.0946. The monoisotopic (exact) mass is 315 g/mol. The van der Waals surface area contributed by atoms with Crippen molar-refractivity contribution in [1.29, 1.82) is 0 Å². The summed E-state index contributed by atoms with van der Waals surface area (Å²) in [4.78, 5) is 25.6. The van der Waals surface area contributed by atoms with Crippen LogP contribution < -0.4 is 9.95 Å². The van der Waals surface area contributed by atoms with Crippen molar-refractivity contribution in [2.75, 3.05) is 6.16 Å². The third-order valence-corrected chi connectivity index (χ3v) is 4.50. The molecule has 1 heterocycles. The van der Waals surface area contributed by atoms with Gasteiger partial charge in [0.05, 0.1) is 17.1 Å². The second-order valence-corrected chi connectivity index (χ2v) is 6.70. The van der Waals surface area contributed by atoms with E-state index in [1.54, 1.807) is 30.3 Å². The molecule has 0 aliphatic heterocycles. The van der Waals surface area contributed by atoms with Crippen molar-refractivity contribution in [3.8, 4) is 5.75 Å². The summed E-state index contributed by atoms with van der Waals surface area (Å²) in [7, 11) is -3.87. The number of H-pyrrole nitrogens is 1. The number of rotatable bonds is 4. The molecular weight excluding hydrogens is 301 g/mol. The van der Waals surface area contributed by atoms with Crippen LogP contribution in [0.5, 0.6) is 5.75 Å². The zero-order valence-electron chi connectivity index (χ0n) is 11.7. The van der Waals surface area contributed by atoms with E-state index in [2.05, 4.69) is 11.6 Å². The Balaban J connectivity index is 2.28. The summed E-state index contributed by atoms with van der Waals surface area (Å²) in [6.07, 6.45) is 1.13. The number of aromatic amines is 1. The minimum atomic E-state index is -3.87. The van der Waals surface area contributed by atoms with E-state index in [0.29, 0.717) is 16.4 Å². The molecule has 0 aliphatic carbocycles. The Kier molecular flexibility index (Phi) is 3.61. The van der Waals surface area contributed by atoms with E-state index >= 15 is 0 Å². The van der Waals surface area contributed by atoms with Crippen molar-refractivity contribution in [3.05, 3.63) is 65.3 Å². The number of para-hydroxylation sites is 1. The zero-order valence-corrected chi connectivity index (χ0v) is 12.5. The number of hydrogen-bond donors (Lipinski definition) is 2. The second kappa shape index (κ2) is 5.44. The summed E-state index contributed by atoms with van der Waals surface area (Å²) in [5.41, 5.74) is 1.02. The summed E-state index contributed by atoms with van der Waals surface area (Å²) in [6, 6.07) is 12.0. The first-order valence-electron chi connectivity index (χ1n) is 6.68. The third-order valence-electron chi connectivity index (χ3n) is 3.30. The van der Waals surface area contributed by atoms with Crippen molar-refractivity contribution in [1.82, 2.24) is 4.98 Å². The molecule has 3 rings (SSSR count). The van der Waals surface area contributed by atoms with E-state index in [0.717, 1.165) is 0 Å². The highest BCUT2D eigenvalue weighted by Crippen LogP contribution is 2.43. The highest BCUT2D eigenvalue weighted by molar-refractivity contribution is 7.53. The summed E-state index contributed by atoms with van der Waals surface area (Å²) in [5, 5.41) is 0.766. The van der Waals surface area contributed by atoms with Gasteiger partial charge in [0.15, 0.2) is 0 Å². The molecule has 1 aromatic heterocycles. The minimum absolute atomic E-state index is 0.0946. The second-order valence-electron chi connectivity index (χ2n) is 4.88. The van der Waals surface area contributed by atoms with Gasteiger partial charge in [-0.2, -0.15) is 0 Å². The van der Waals surface area contributed by atoms with Gasteiger partial charge in [0, 0.05) is 10.9 Å². The number of benzene rings is 2. The molecule has 0 saturated carbocycles.